The first-order valence-corrected chi connectivity index (χ1v) is 9.84. The normalized spacial score (nSPS) is 15.3. The third-order valence-corrected chi connectivity index (χ3v) is 5.58. The van der Waals surface area contributed by atoms with Gasteiger partial charge in [-0.15, -0.1) is 35.3 Å². The number of aryl methyl sites for hydroxylation is 1. The lowest BCUT2D eigenvalue weighted by atomic mass is 10.2. The van der Waals surface area contributed by atoms with Crippen LogP contribution in [-0.2, 0) is 11.3 Å². The number of guanidine groups is 1. The van der Waals surface area contributed by atoms with Crippen LogP contribution in [0.15, 0.2) is 35.3 Å². The van der Waals surface area contributed by atoms with E-state index in [9.17, 15) is 0 Å². The van der Waals surface area contributed by atoms with E-state index >= 15 is 0 Å². The van der Waals surface area contributed by atoms with Gasteiger partial charge in [-0.3, -0.25) is 9.89 Å². The zero-order valence-electron chi connectivity index (χ0n) is 15.9. The minimum Gasteiger partial charge on any atom is -0.379 e. The van der Waals surface area contributed by atoms with Crippen molar-refractivity contribution in [3.8, 4) is 10.6 Å². The average molecular weight is 501 g/mol. The Kier molecular flexibility index (Phi) is 9.46. The lowest BCUT2D eigenvalue weighted by Crippen LogP contribution is -2.44. The summed E-state index contributed by atoms with van der Waals surface area (Å²) in [5.74, 6) is 0.826. The van der Waals surface area contributed by atoms with Crippen molar-refractivity contribution in [2.75, 3.05) is 46.4 Å². The van der Waals surface area contributed by atoms with Crippen LogP contribution in [0.4, 0.5) is 0 Å². The van der Waals surface area contributed by atoms with Gasteiger partial charge < -0.3 is 15.4 Å². The molecule has 2 N–H and O–H groups in total. The summed E-state index contributed by atoms with van der Waals surface area (Å²) in [6.45, 7) is 8.36. The van der Waals surface area contributed by atoms with Crippen LogP contribution < -0.4 is 10.6 Å². The first-order chi connectivity index (χ1) is 12.8. The molecule has 2 heterocycles. The van der Waals surface area contributed by atoms with Crippen molar-refractivity contribution < 1.29 is 4.74 Å². The molecule has 27 heavy (non-hydrogen) atoms. The molecule has 148 valence electrons. The minimum absolute atomic E-state index is 0. The summed E-state index contributed by atoms with van der Waals surface area (Å²) >= 11 is 1.73. The van der Waals surface area contributed by atoms with Crippen LogP contribution in [0, 0.1) is 6.92 Å². The first-order valence-electron chi connectivity index (χ1n) is 9.02. The smallest absolute Gasteiger partial charge is 0.191 e. The van der Waals surface area contributed by atoms with E-state index in [-0.39, 0.29) is 24.0 Å². The number of aromatic nitrogens is 1. The highest BCUT2D eigenvalue weighted by Gasteiger charge is 2.11. The van der Waals surface area contributed by atoms with E-state index in [0.717, 1.165) is 62.6 Å². The lowest BCUT2D eigenvalue weighted by Gasteiger charge is -2.26. The number of rotatable bonds is 6. The fraction of sp³-hybridized carbons (Fsp3) is 0.474. The predicted octanol–water partition coefficient (Wildman–Crippen LogP) is 2.73. The van der Waals surface area contributed by atoms with Crippen molar-refractivity contribution in [3.63, 3.8) is 0 Å². The molecule has 0 aliphatic carbocycles. The Morgan fingerprint density at radius 3 is 2.67 bits per heavy atom. The monoisotopic (exact) mass is 501 g/mol. The molecule has 6 nitrogen and oxygen atoms in total. The highest BCUT2D eigenvalue weighted by molar-refractivity contribution is 14.0. The van der Waals surface area contributed by atoms with E-state index in [1.807, 2.05) is 18.2 Å². The van der Waals surface area contributed by atoms with Gasteiger partial charge in [0, 0.05) is 43.7 Å². The zero-order valence-corrected chi connectivity index (χ0v) is 19.0. The second-order valence-electron chi connectivity index (χ2n) is 6.20. The summed E-state index contributed by atoms with van der Waals surface area (Å²) in [5.41, 5.74) is 2.24. The van der Waals surface area contributed by atoms with Gasteiger partial charge in [-0.05, 0) is 6.92 Å². The lowest BCUT2D eigenvalue weighted by molar-refractivity contribution is 0.0389. The van der Waals surface area contributed by atoms with E-state index in [2.05, 4.69) is 39.6 Å². The third kappa shape index (κ3) is 6.70. The van der Waals surface area contributed by atoms with Crippen molar-refractivity contribution in [3.05, 3.63) is 40.9 Å². The first kappa shape index (κ1) is 22.1. The molecular weight excluding hydrogens is 473 g/mol. The van der Waals surface area contributed by atoms with Crippen LogP contribution in [0.2, 0.25) is 0 Å². The van der Waals surface area contributed by atoms with E-state index in [0.29, 0.717) is 0 Å². The minimum atomic E-state index is 0. The second kappa shape index (κ2) is 11.6. The van der Waals surface area contributed by atoms with Crippen molar-refractivity contribution >= 4 is 41.3 Å². The number of morpholine rings is 1. The molecule has 0 spiro atoms. The van der Waals surface area contributed by atoms with Gasteiger partial charge >= 0.3 is 0 Å². The summed E-state index contributed by atoms with van der Waals surface area (Å²) in [6, 6.07) is 10.3. The summed E-state index contributed by atoms with van der Waals surface area (Å²) in [4.78, 5) is 12.7. The van der Waals surface area contributed by atoms with Gasteiger partial charge in [-0.25, -0.2) is 4.98 Å². The molecule has 1 fully saturated rings. The number of halogens is 1. The Hall–Kier alpha value is -1.23. The molecule has 1 aliphatic rings. The number of benzene rings is 1. The molecule has 2 aromatic rings. The number of hydrogen-bond donors (Lipinski definition) is 2. The molecule has 0 atom stereocenters. The molecule has 3 rings (SSSR count). The summed E-state index contributed by atoms with van der Waals surface area (Å²) in [6.07, 6.45) is 0. The molecule has 1 aliphatic heterocycles. The van der Waals surface area contributed by atoms with Crippen LogP contribution in [-0.4, -0.2) is 62.3 Å². The van der Waals surface area contributed by atoms with Gasteiger partial charge in [0.1, 0.15) is 5.01 Å². The fourth-order valence-corrected chi connectivity index (χ4v) is 3.85. The molecule has 0 radical (unpaired) electrons. The highest BCUT2D eigenvalue weighted by Crippen LogP contribution is 2.27. The maximum absolute atomic E-state index is 5.38. The summed E-state index contributed by atoms with van der Waals surface area (Å²) in [5, 5.41) is 7.85. The van der Waals surface area contributed by atoms with Gasteiger partial charge in [-0.1, -0.05) is 30.3 Å². The fourth-order valence-electron chi connectivity index (χ4n) is 2.84. The topological polar surface area (TPSA) is 61.8 Å². The summed E-state index contributed by atoms with van der Waals surface area (Å²) in [7, 11) is 1.80. The van der Waals surface area contributed by atoms with E-state index in [1.54, 1.807) is 18.4 Å². The zero-order chi connectivity index (χ0) is 18.2. The predicted molar refractivity (Wildman–Crippen MR) is 123 cm³/mol. The quantitative estimate of drug-likeness (QED) is 0.362. The van der Waals surface area contributed by atoms with Crippen LogP contribution in [0.3, 0.4) is 0 Å². The molecule has 8 heteroatoms. The maximum Gasteiger partial charge on any atom is 0.191 e. The van der Waals surface area contributed by atoms with Gasteiger partial charge in [-0.2, -0.15) is 0 Å². The molecular formula is C19H28IN5OS. The molecule has 1 saturated heterocycles. The van der Waals surface area contributed by atoms with Crippen molar-refractivity contribution in [1.29, 1.82) is 0 Å². The van der Waals surface area contributed by atoms with Gasteiger partial charge in [0.2, 0.25) is 0 Å². The Labute approximate surface area is 182 Å². The number of ether oxygens (including phenoxy) is 1. The van der Waals surface area contributed by atoms with Crippen LogP contribution in [0.25, 0.3) is 10.6 Å². The van der Waals surface area contributed by atoms with Crippen LogP contribution in [0.1, 0.15) is 10.6 Å². The van der Waals surface area contributed by atoms with Crippen LogP contribution in [0.5, 0.6) is 0 Å². The third-order valence-electron chi connectivity index (χ3n) is 4.38. The standard InChI is InChI=1S/C19H27N5OS.HI/c1-15-17(26-18(23-15)16-6-4-3-5-7-16)14-22-19(20-2)21-8-9-24-10-12-25-13-11-24;/h3-7H,8-14H2,1-2H3,(H2,20,21,22);1H. The SMILES string of the molecule is CN=C(NCCN1CCOCC1)NCc1sc(-c2ccccc2)nc1C.I. The Morgan fingerprint density at radius 2 is 1.96 bits per heavy atom. The van der Waals surface area contributed by atoms with E-state index < -0.39 is 0 Å². The number of nitrogens with one attached hydrogen (secondary N) is 2. The van der Waals surface area contributed by atoms with Crippen molar-refractivity contribution in [2.24, 2.45) is 4.99 Å². The highest BCUT2D eigenvalue weighted by atomic mass is 127. The Balaban J connectivity index is 0.00000261. The Bertz CT molecular complexity index is 716. The number of aliphatic imine (C=N–C) groups is 1. The largest absolute Gasteiger partial charge is 0.379 e. The molecule has 1 aromatic carbocycles. The van der Waals surface area contributed by atoms with Crippen molar-refractivity contribution in [1.82, 2.24) is 20.5 Å². The van der Waals surface area contributed by atoms with E-state index in [1.165, 1.54) is 10.4 Å². The molecule has 0 amide bonds. The molecule has 0 unspecified atom stereocenters. The van der Waals surface area contributed by atoms with Crippen LogP contribution >= 0.6 is 35.3 Å². The number of hydrogen-bond acceptors (Lipinski definition) is 5. The number of thiazole rings is 1. The average Bonchev–Trinajstić information content (AvgIpc) is 3.07. The molecule has 0 saturated carbocycles. The number of nitrogens with zero attached hydrogens (tertiary/aromatic N) is 3. The summed E-state index contributed by atoms with van der Waals surface area (Å²) < 4.78 is 5.38. The molecule has 0 bridgehead atoms. The van der Waals surface area contributed by atoms with Crippen molar-refractivity contribution in [2.45, 2.75) is 13.5 Å². The van der Waals surface area contributed by atoms with Gasteiger partial charge in [0.15, 0.2) is 5.96 Å². The van der Waals surface area contributed by atoms with Gasteiger partial charge in [0.25, 0.3) is 0 Å². The van der Waals surface area contributed by atoms with E-state index in [4.69, 9.17) is 9.72 Å². The maximum atomic E-state index is 5.38. The second-order valence-corrected chi connectivity index (χ2v) is 7.28. The molecule has 1 aromatic heterocycles. The van der Waals surface area contributed by atoms with Gasteiger partial charge in [0.05, 0.1) is 25.5 Å². The Morgan fingerprint density at radius 1 is 1.22 bits per heavy atom.